The molecule has 0 spiro atoms. The highest BCUT2D eigenvalue weighted by Crippen LogP contribution is 2.23. The van der Waals surface area contributed by atoms with Gasteiger partial charge in [0, 0.05) is 17.3 Å². The van der Waals surface area contributed by atoms with E-state index in [0.717, 1.165) is 17.7 Å². The van der Waals surface area contributed by atoms with Gasteiger partial charge in [-0.15, -0.1) is 0 Å². The number of hydrogen-bond acceptors (Lipinski definition) is 2. The molecule has 0 saturated carbocycles. The molecule has 0 aliphatic carbocycles. The molecule has 0 saturated heterocycles. The fourth-order valence-corrected chi connectivity index (χ4v) is 1.79. The highest BCUT2D eigenvalue weighted by Gasteiger charge is 2.10. The van der Waals surface area contributed by atoms with Crippen LogP contribution in [-0.2, 0) is 6.54 Å². The Morgan fingerprint density at radius 3 is 2.33 bits per heavy atom. The molecule has 3 N–H and O–H groups in total. The molecule has 0 amide bonds. The molecule has 0 aromatic heterocycles. The Hall–Kier alpha value is -1.81. The Kier molecular flexibility index (Phi) is 3.67. The maximum Gasteiger partial charge on any atom is 0.151 e. The van der Waals surface area contributed by atoms with E-state index in [2.05, 4.69) is 5.32 Å². The van der Waals surface area contributed by atoms with Gasteiger partial charge >= 0.3 is 0 Å². The maximum absolute atomic E-state index is 13.5. The third-order valence-electron chi connectivity index (χ3n) is 2.48. The zero-order valence-corrected chi connectivity index (χ0v) is 10.1. The predicted molar refractivity (Wildman–Crippen MR) is 69.5 cm³/mol. The summed E-state index contributed by atoms with van der Waals surface area (Å²) < 4.78 is 27.0. The van der Waals surface area contributed by atoms with Crippen LogP contribution in [0.15, 0.2) is 36.4 Å². The standard InChI is InChI=1S/C13H11ClF2N2/c14-10-4-2-1-3-8(10)7-18-13-11(15)5-9(17)6-12(13)16/h1-6,18H,7,17H2. The molecule has 0 radical (unpaired) electrons. The van der Waals surface area contributed by atoms with Crippen molar-refractivity contribution in [3.05, 3.63) is 58.6 Å². The molecule has 0 heterocycles. The summed E-state index contributed by atoms with van der Waals surface area (Å²) in [5, 5.41) is 3.22. The van der Waals surface area contributed by atoms with Crippen LogP contribution in [-0.4, -0.2) is 0 Å². The molecule has 0 bridgehead atoms. The average Bonchev–Trinajstić information content (AvgIpc) is 2.30. The molecule has 2 aromatic carbocycles. The number of nitrogens with two attached hydrogens (primary N) is 1. The average molecular weight is 269 g/mol. The fourth-order valence-electron chi connectivity index (χ4n) is 1.59. The molecular formula is C13H11ClF2N2. The van der Waals surface area contributed by atoms with Gasteiger partial charge in [-0.1, -0.05) is 29.8 Å². The SMILES string of the molecule is Nc1cc(F)c(NCc2ccccc2Cl)c(F)c1. The predicted octanol–water partition coefficient (Wildman–Crippen LogP) is 3.81. The smallest absolute Gasteiger partial charge is 0.151 e. The molecule has 94 valence electrons. The monoisotopic (exact) mass is 268 g/mol. The normalized spacial score (nSPS) is 10.4. The van der Waals surface area contributed by atoms with Crippen molar-refractivity contribution in [3.63, 3.8) is 0 Å². The van der Waals surface area contributed by atoms with E-state index >= 15 is 0 Å². The van der Waals surface area contributed by atoms with Crippen LogP contribution in [0.2, 0.25) is 5.02 Å². The van der Waals surface area contributed by atoms with Crippen LogP contribution in [0.1, 0.15) is 5.56 Å². The van der Waals surface area contributed by atoms with Crippen LogP contribution < -0.4 is 11.1 Å². The minimum absolute atomic E-state index is 0.0493. The summed E-state index contributed by atoms with van der Waals surface area (Å²) in [5.74, 6) is -1.45. The molecule has 0 aliphatic rings. The lowest BCUT2D eigenvalue weighted by molar-refractivity contribution is 0.589. The first-order valence-electron chi connectivity index (χ1n) is 5.29. The zero-order chi connectivity index (χ0) is 13.1. The second kappa shape index (κ2) is 5.23. The Morgan fingerprint density at radius 1 is 1.11 bits per heavy atom. The van der Waals surface area contributed by atoms with Gasteiger partial charge in [-0.05, 0) is 23.8 Å². The molecule has 2 nitrogen and oxygen atoms in total. The van der Waals surface area contributed by atoms with Crippen LogP contribution >= 0.6 is 11.6 Å². The Bertz CT molecular complexity index is 550. The van der Waals surface area contributed by atoms with Gasteiger partial charge in [-0.3, -0.25) is 0 Å². The highest BCUT2D eigenvalue weighted by molar-refractivity contribution is 6.31. The summed E-state index contributed by atoms with van der Waals surface area (Å²) in [6.07, 6.45) is 0. The van der Waals surface area contributed by atoms with E-state index in [4.69, 9.17) is 17.3 Å². The summed E-state index contributed by atoms with van der Waals surface area (Å²) in [5.41, 5.74) is 5.93. The second-order valence-corrected chi connectivity index (χ2v) is 4.21. The summed E-state index contributed by atoms with van der Waals surface area (Å²) >= 11 is 5.95. The van der Waals surface area contributed by atoms with E-state index in [1.807, 2.05) is 0 Å². The van der Waals surface area contributed by atoms with Crippen molar-refractivity contribution in [1.29, 1.82) is 0 Å². The third-order valence-corrected chi connectivity index (χ3v) is 2.85. The minimum atomic E-state index is -0.723. The lowest BCUT2D eigenvalue weighted by Crippen LogP contribution is -2.05. The van der Waals surface area contributed by atoms with Gasteiger partial charge < -0.3 is 11.1 Å². The van der Waals surface area contributed by atoms with Gasteiger partial charge in [-0.2, -0.15) is 0 Å². The summed E-state index contributed by atoms with van der Waals surface area (Å²) in [6.45, 7) is 0.234. The third kappa shape index (κ3) is 2.71. The van der Waals surface area contributed by atoms with Gasteiger partial charge in [-0.25, -0.2) is 8.78 Å². The van der Waals surface area contributed by atoms with Crippen molar-refractivity contribution in [3.8, 4) is 0 Å². The number of nitrogen functional groups attached to an aromatic ring is 1. The Balaban J connectivity index is 2.19. The van der Waals surface area contributed by atoms with Crippen LogP contribution in [0.4, 0.5) is 20.2 Å². The number of nitrogens with one attached hydrogen (secondary N) is 1. The largest absolute Gasteiger partial charge is 0.399 e. The first kappa shape index (κ1) is 12.6. The lowest BCUT2D eigenvalue weighted by Gasteiger charge is -2.10. The lowest BCUT2D eigenvalue weighted by atomic mass is 10.2. The van der Waals surface area contributed by atoms with Gasteiger partial charge in [0.1, 0.15) is 5.69 Å². The number of anilines is 2. The number of rotatable bonds is 3. The topological polar surface area (TPSA) is 38.0 Å². The number of benzene rings is 2. The van der Waals surface area contributed by atoms with E-state index in [9.17, 15) is 8.78 Å². The molecule has 2 rings (SSSR count). The molecule has 0 aliphatic heterocycles. The van der Waals surface area contributed by atoms with E-state index in [-0.39, 0.29) is 17.9 Å². The number of hydrogen-bond donors (Lipinski definition) is 2. The van der Waals surface area contributed by atoms with Gasteiger partial charge in [0.15, 0.2) is 11.6 Å². The highest BCUT2D eigenvalue weighted by atomic mass is 35.5. The van der Waals surface area contributed by atoms with E-state index in [0.29, 0.717) is 5.02 Å². The molecule has 2 aromatic rings. The van der Waals surface area contributed by atoms with E-state index in [1.54, 1.807) is 24.3 Å². The van der Waals surface area contributed by atoms with Crippen LogP contribution in [0, 0.1) is 11.6 Å². The summed E-state index contributed by atoms with van der Waals surface area (Å²) in [7, 11) is 0. The Morgan fingerprint density at radius 2 is 1.72 bits per heavy atom. The molecule has 18 heavy (non-hydrogen) atoms. The van der Waals surface area contributed by atoms with Gasteiger partial charge in [0.2, 0.25) is 0 Å². The maximum atomic E-state index is 13.5. The first-order valence-corrected chi connectivity index (χ1v) is 5.67. The minimum Gasteiger partial charge on any atom is -0.399 e. The molecule has 0 unspecified atom stereocenters. The zero-order valence-electron chi connectivity index (χ0n) is 9.38. The number of halogens is 3. The second-order valence-electron chi connectivity index (χ2n) is 3.80. The quantitative estimate of drug-likeness (QED) is 0.831. The van der Waals surface area contributed by atoms with Crippen LogP contribution in [0.25, 0.3) is 0 Å². The first-order chi connectivity index (χ1) is 8.58. The van der Waals surface area contributed by atoms with Crippen molar-refractivity contribution in [2.24, 2.45) is 0 Å². The van der Waals surface area contributed by atoms with Crippen molar-refractivity contribution >= 4 is 23.0 Å². The van der Waals surface area contributed by atoms with Gasteiger partial charge in [0.25, 0.3) is 0 Å². The van der Waals surface area contributed by atoms with Crippen molar-refractivity contribution < 1.29 is 8.78 Å². The van der Waals surface area contributed by atoms with Crippen LogP contribution in [0.3, 0.4) is 0 Å². The van der Waals surface area contributed by atoms with Crippen molar-refractivity contribution in [2.75, 3.05) is 11.1 Å². The van der Waals surface area contributed by atoms with Gasteiger partial charge in [0.05, 0.1) is 0 Å². The van der Waals surface area contributed by atoms with Crippen LogP contribution in [0.5, 0.6) is 0 Å². The fraction of sp³-hybridized carbons (Fsp3) is 0.0769. The molecule has 0 fully saturated rings. The summed E-state index contributed by atoms with van der Waals surface area (Å²) in [6, 6.07) is 9.22. The van der Waals surface area contributed by atoms with E-state index in [1.165, 1.54) is 0 Å². The Labute approximate surface area is 108 Å². The molecular weight excluding hydrogens is 258 g/mol. The summed E-state index contributed by atoms with van der Waals surface area (Å²) in [4.78, 5) is 0. The van der Waals surface area contributed by atoms with E-state index < -0.39 is 11.6 Å². The molecule has 0 atom stereocenters. The van der Waals surface area contributed by atoms with Crippen molar-refractivity contribution in [1.82, 2.24) is 0 Å². The molecule has 5 heteroatoms. The van der Waals surface area contributed by atoms with Crippen molar-refractivity contribution in [2.45, 2.75) is 6.54 Å².